The minimum Gasteiger partial charge on any atom is -0.395 e. The van der Waals surface area contributed by atoms with E-state index in [2.05, 4.69) is 24.1 Å². The number of carbonyl (C=O) groups excluding carboxylic acids is 1. The van der Waals surface area contributed by atoms with Crippen molar-refractivity contribution in [2.45, 2.75) is 31.7 Å². The first kappa shape index (κ1) is 15.6. The summed E-state index contributed by atoms with van der Waals surface area (Å²) in [7, 11) is 0. The predicted molar refractivity (Wildman–Crippen MR) is 80.9 cm³/mol. The Bertz CT molecular complexity index is 533. The van der Waals surface area contributed by atoms with Gasteiger partial charge in [0.1, 0.15) is 0 Å². The molecule has 0 unspecified atom stereocenters. The molecule has 1 aliphatic heterocycles. The second kappa shape index (κ2) is 7.26. The van der Waals surface area contributed by atoms with Crippen LogP contribution in [0.2, 0.25) is 0 Å². The summed E-state index contributed by atoms with van der Waals surface area (Å²) in [6.45, 7) is 3.50. The molecule has 1 heterocycles. The van der Waals surface area contributed by atoms with Crippen LogP contribution in [0.4, 0.5) is 0 Å². The van der Waals surface area contributed by atoms with Crippen molar-refractivity contribution in [1.29, 1.82) is 0 Å². The SMILES string of the molecule is CC1(NC(=O)c2ccc(C#CCCO)cc2)CCOCC1. The molecule has 0 radical (unpaired) electrons. The molecule has 0 atom stereocenters. The highest BCUT2D eigenvalue weighted by Crippen LogP contribution is 2.20. The van der Waals surface area contributed by atoms with E-state index in [4.69, 9.17) is 9.84 Å². The number of hydrogen-bond acceptors (Lipinski definition) is 3. The number of nitrogens with one attached hydrogen (secondary N) is 1. The van der Waals surface area contributed by atoms with Crippen LogP contribution < -0.4 is 5.32 Å². The van der Waals surface area contributed by atoms with Crippen LogP contribution in [-0.2, 0) is 4.74 Å². The number of aliphatic hydroxyl groups is 1. The van der Waals surface area contributed by atoms with E-state index >= 15 is 0 Å². The fraction of sp³-hybridized carbons (Fsp3) is 0.471. The third-order valence-electron chi connectivity index (χ3n) is 3.63. The summed E-state index contributed by atoms with van der Waals surface area (Å²) in [5.41, 5.74) is 1.29. The lowest BCUT2D eigenvalue weighted by molar-refractivity contribution is 0.0423. The zero-order valence-corrected chi connectivity index (χ0v) is 12.3. The van der Waals surface area contributed by atoms with Crippen LogP contribution in [0, 0.1) is 11.8 Å². The van der Waals surface area contributed by atoms with E-state index in [0.717, 1.165) is 18.4 Å². The van der Waals surface area contributed by atoms with Gasteiger partial charge in [-0.2, -0.15) is 0 Å². The maximum absolute atomic E-state index is 12.3. The lowest BCUT2D eigenvalue weighted by atomic mass is 9.92. The number of rotatable bonds is 3. The minimum absolute atomic E-state index is 0.0609. The maximum Gasteiger partial charge on any atom is 0.251 e. The molecular formula is C17H21NO3. The van der Waals surface area contributed by atoms with Crippen molar-refractivity contribution < 1.29 is 14.6 Å². The monoisotopic (exact) mass is 287 g/mol. The summed E-state index contributed by atoms with van der Waals surface area (Å²) in [5.74, 6) is 5.74. The van der Waals surface area contributed by atoms with Crippen LogP contribution in [0.25, 0.3) is 0 Å². The highest BCUT2D eigenvalue weighted by Gasteiger charge is 2.29. The van der Waals surface area contributed by atoms with Crippen molar-refractivity contribution in [3.8, 4) is 11.8 Å². The summed E-state index contributed by atoms with van der Waals surface area (Å²) in [5, 5.41) is 11.8. The van der Waals surface area contributed by atoms with Crippen LogP contribution in [0.1, 0.15) is 42.1 Å². The van der Waals surface area contributed by atoms with E-state index in [9.17, 15) is 4.79 Å². The third-order valence-corrected chi connectivity index (χ3v) is 3.63. The van der Waals surface area contributed by atoms with E-state index in [0.29, 0.717) is 25.2 Å². The molecule has 4 heteroatoms. The van der Waals surface area contributed by atoms with Crippen LogP contribution in [0.15, 0.2) is 24.3 Å². The molecule has 0 aromatic heterocycles. The Balaban J connectivity index is 1.98. The highest BCUT2D eigenvalue weighted by atomic mass is 16.5. The first-order valence-corrected chi connectivity index (χ1v) is 7.23. The number of hydrogen-bond donors (Lipinski definition) is 2. The minimum atomic E-state index is -0.186. The highest BCUT2D eigenvalue weighted by molar-refractivity contribution is 5.94. The Labute approximate surface area is 125 Å². The van der Waals surface area contributed by atoms with Gasteiger partial charge in [-0.1, -0.05) is 11.8 Å². The topological polar surface area (TPSA) is 58.6 Å². The molecule has 1 amide bonds. The zero-order valence-electron chi connectivity index (χ0n) is 12.3. The van der Waals surface area contributed by atoms with E-state index in [1.165, 1.54) is 0 Å². The number of aliphatic hydroxyl groups excluding tert-OH is 1. The fourth-order valence-corrected chi connectivity index (χ4v) is 2.22. The van der Waals surface area contributed by atoms with E-state index in [-0.39, 0.29) is 18.1 Å². The lowest BCUT2D eigenvalue weighted by Crippen LogP contribution is -2.49. The van der Waals surface area contributed by atoms with Gasteiger partial charge in [0, 0.05) is 36.3 Å². The Morgan fingerprint density at radius 3 is 2.62 bits per heavy atom. The fourth-order valence-electron chi connectivity index (χ4n) is 2.22. The molecule has 0 spiro atoms. The van der Waals surface area contributed by atoms with Gasteiger partial charge in [-0.3, -0.25) is 4.79 Å². The second-order valence-corrected chi connectivity index (χ2v) is 5.48. The normalized spacial score (nSPS) is 16.7. The Morgan fingerprint density at radius 2 is 2.00 bits per heavy atom. The Morgan fingerprint density at radius 1 is 1.33 bits per heavy atom. The van der Waals surface area contributed by atoms with Crippen LogP contribution in [0.5, 0.6) is 0 Å². The molecule has 0 aliphatic carbocycles. The summed E-state index contributed by atoms with van der Waals surface area (Å²) in [6, 6.07) is 7.21. The number of benzene rings is 1. The molecule has 112 valence electrons. The number of amides is 1. The lowest BCUT2D eigenvalue weighted by Gasteiger charge is -2.34. The molecule has 1 aromatic carbocycles. The van der Waals surface area contributed by atoms with Crippen molar-refractivity contribution in [1.82, 2.24) is 5.32 Å². The third kappa shape index (κ3) is 4.59. The molecule has 0 bridgehead atoms. The van der Waals surface area contributed by atoms with Gasteiger partial charge in [0.25, 0.3) is 5.91 Å². The zero-order chi connectivity index (χ0) is 15.1. The van der Waals surface area contributed by atoms with Gasteiger partial charge in [-0.15, -0.1) is 0 Å². The van der Waals surface area contributed by atoms with E-state index in [1.807, 2.05) is 12.1 Å². The van der Waals surface area contributed by atoms with Crippen molar-refractivity contribution in [3.63, 3.8) is 0 Å². The molecule has 2 rings (SSSR count). The molecule has 4 nitrogen and oxygen atoms in total. The smallest absolute Gasteiger partial charge is 0.251 e. The van der Waals surface area contributed by atoms with Gasteiger partial charge in [0.2, 0.25) is 0 Å². The molecule has 2 N–H and O–H groups in total. The molecule has 1 aliphatic rings. The average Bonchev–Trinajstić information content (AvgIpc) is 2.48. The van der Waals surface area contributed by atoms with E-state index in [1.54, 1.807) is 12.1 Å². The Hall–Kier alpha value is -1.83. The summed E-state index contributed by atoms with van der Waals surface area (Å²) >= 11 is 0. The number of carbonyl (C=O) groups is 1. The van der Waals surface area contributed by atoms with Gasteiger partial charge in [-0.05, 0) is 44.0 Å². The van der Waals surface area contributed by atoms with Crippen LogP contribution in [-0.4, -0.2) is 36.4 Å². The summed E-state index contributed by atoms with van der Waals surface area (Å²) in [6.07, 6.45) is 2.13. The van der Waals surface area contributed by atoms with Gasteiger partial charge in [0.15, 0.2) is 0 Å². The molecule has 21 heavy (non-hydrogen) atoms. The average molecular weight is 287 g/mol. The first-order valence-electron chi connectivity index (χ1n) is 7.23. The Kier molecular flexibility index (Phi) is 5.38. The van der Waals surface area contributed by atoms with Gasteiger partial charge in [0.05, 0.1) is 6.61 Å². The van der Waals surface area contributed by atoms with Crippen molar-refractivity contribution in [2.24, 2.45) is 0 Å². The molecule has 1 saturated heterocycles. The quantitative estimate of drug-likeness (QED) is 0.832. The van der Waals surface area contributed by atoms with Crippen LogP contribution >= 0.6 is 0 Å². The van der Waals surface area contributed by atoms with Gasteiger partial charge in [-0.25, -0.2) is 0 Å². The molecule has 0 saturated carbocycles. The van der Waals surface area contributed by atoms with E-state index < -0.39 is 0 Å². The first-order chi connectivity index (χ1) is 10.1. The van der Waals surface area contributed by atoms with Crippen molar-refractivity contribution in [3.05, 3.63) is 35.4 Å². The van der Waals surface area contributed by atoms with Crippen molar-refractivity contribution in [2.75, 3.05) is 19.8 Å². The predicted octanol–water partition coefficient (Wildman–Crippen LogP) is 1.72. The maximum atomic E-state index is 12.3. The molecular weight excluding hydrogens is 266 g/mol. The van der Waals surface area contributed by atoms with Gasteiger partial charge < -0.3 is 15.2 Å². The second-order valence-electron chi connectivity index (χ2n) is 5.48. The van der Waals surface area contributed by atoms with Crippen molar-refractivity contribution >= 4 is 5.91 Å². The largest absolute Gasteiger partial charge is 0.395 e. The summed E-state index contributed by atoms with van der Waals surface area (Å²) in [4.78, 5) is 12.3. The summed E-state index contributed by atoms with van der Waals surface area (Å²) < 4.78 is 5.33. The van der Waals surface area contributed by atoms with Gasteiger partial charge >= 0.3 is 0 Å². The number of ether oxygens (including phenoxy) is 1. The molecule has 1 fully saturated rings. The standard InChI is InChI=1S/C17H21NO3/c1-17(9-12-21-13-10-17)18-16(20)15-7-5-14(6-8-15)4-2-3-11-19/h5-8,19H,3,9-13H2,1H3,(H,18,20). The molecule has 1 aromatic rings. The van der Waals surface area contributed by atoms with Crippen LogP contribution in [0.3, 0.4) is 0 Å².